The van der Waals surface area contributed by atoms with Crippen molar-refractivity contribution >= 4 is 71.1 Å². The van der Waals surface area contributed by atoms with Gasteiger partial charge in [-0.05, 0) is 198 Å². The highest BCUT2D eigenvalue weighted by Gasteiger charge is 2.70. The number of likely N-dealkylation sites (tertiary alicyclic amines) is 8. The Bertz CT molecular complexity index is 4200. The molecule has 5 spiro atoms. The third kappa shape index (κ3) is 18.4. The lowest BCUT2D eigenvalue weighted by Gasteiger charge is -2.59. The number of primary amides is 1. The van der Waals surface area contributed by atoms with Gasteiger partial charge < -0.3 is 102 Å². The summed E-state index contributed by atoms with van der Waals surface area (Å²) >= 11 is 0. The summed E-state index contributed by atoms with van der Waals surface area (Å²) in [6, 6.07) is -0.628. The molecule has 11 saturated heterocycles. The Hall–Kier alpha value is -9.64. The van der Waals surface area contributed by atoms with Crippen LogP contribution in [-0.2, 0) is 77.1 Å². The van der Waals surface area contributed by atoms with E-state index in [1.54, 1.807) is 105 Å². The Morgan fingerprint density at radius 1 is 0.455 bits per heavy atom. The van der Waals surface area contributed by atoms with Crippen molar-refractivity contribution in [3.05, 3.63) is 72.9 Å². The average Bonchev–Trinajstić information content (AvgIpc) is 1.66. The standard InChI is InChI=1S/C21H31N5O5.C20H29N5O4.C16H23N5O3.C15H25N3O3.C10H17N3O3/c1-13(27)16(17(28)24-12-15-22-9-7-10-23-15)26-14(2)21(18(26)29)8-6-11-25(21)19(30)31-20(3,4)5;1-12(2)18(28)24-10-5-7-20(24)14(4)25(19(20)29)16(13(3)26)17(27)23-11-15-21-8-6-9-22-15;1-10(22)13(14(23)19-9-12-17-6-4-7-18-12)21-11(2)16(15(21)24)5-3-8-20-16;1-10(19)12(13(20)17-8-3-4-9-17)18-11(2)15(14(18)21)6-5-7-16-15;1-6(14)7(8(11)15)13-5-10(9(13)16)3-2-4-12-10/h7,9-10,13-14,16,27H,6,8,11-12H2,1-5H3,(H,24,28);6,8-9,12-14,16,26H,5,7,10-11H2,1-4H3,(H,23,27);4,6-7,10-11,13,20,22H,3,5,8-9H2,1-2H3,(H,19,23);10-12,16,19H,3-9H2,1-2H3;6-7,12,14H,2-5H2,1H3,(H2,11,15)/t13-,14?,16+,21?;13-,14?,16+,20?;10-,11?,13+,16?;10-,11?,12+,15?;6-,7+,10?/m11111/s1. The second kappa shape index (κ2) is 38.4. The number of aliphatic hydroxyl groups is 5. The summed E-state index contributed by atoms with van der Waals surface area (Å²) in [7, 11) is 0. The maximum atomic E-state index is 13.4. The molecule has 9 unspecified atom stereocenters. The molecule has 12 amide bonds. The zero-order valence-corrected chi connectivity index (χ0v) is 72.0. The number of nitrogens with one attached hydrogen (secondary N) is 6. The Kier molecular flexibility index (Phi) is 29.7. The minimum atomic E-state index is -1.10. The number of rotatable bonds is 22. The fourth-order valence-electron chi connectivity index (χ4n) is 19.4. The molecule has 666 valence electrons. The molecule has 19 atom stereocenters. The minimum Gasteiger partial charge on any atom is -0.444 e. The van der Waals surface area contributed by atoms with Crippen molar-refractivity contribution in [3.8, 4) is 0 Å². The molecule has 11 fully saturated rings. The molecule has 3 aromatic heterocycles. The number of hydrogen-bond acceptors (Lipinski definition) is 27. The van der Waals surface area contributed by atoms with E-state index < -0.39 is 130 Å². The number of amides is 12. The molecular formula is C82H125N21O18. The number of ether oxygens (including phenoxy) is 1. The Morgan fingerprint density at radius 2 is 0.810 bits per heavy atom. The molecule has 39 heteroatoms. The number of nitrogens with zero attached hydrogens (tertiary/aromatic N) is 14. The van der Waals surface area contributed by atoms with Crippen molar-refractivity contribution in [1.82, 2.24) is 101 Å². The molecule has 14 rings (SSSR count). The van der Waals surface area contributed by atoms with E-state index in [2.05, 4.69) is 61.8 Å². The third-order valence-corrected chi connectivity index (χ3v) is 25.6. The van der Waals surface area contributed by atoms with Crippen molar-refractivity contribution in [1.29, 1.82) is 0 Å². The predicted octanol–water partition coefficient (Wildman–Crippen LogP) is -1.98. The van der Waals surface area contributed by atoms with Crippen molar-refractivity contribution in [3.63, 3.8) is 0 Å². The second-order valence-electron chi connectivity index (χ2n) is 34.9. The Labute approximate surface area is 705 Å². The number of carbonyl (C=O) groups excluding carboxylic acids is 12. The Balaban J connectivity index is 0.000000161. The van der Waals surface area contributed by atoms with E-state index in [4.69, 9.17) is 10.5 Å². The van der Waals surface area contributed by atoms with Gasteiger partial charge in [-0.2, -0.15) is 0 Å². The van der Waals surface area contributed by atoms with Gasteiger partial charge in [-0.15, -0.1) is 0 Å². The van der Waals surface area contributed by atoms with Crippen molar-refractivity contribution < 1.29 is 87.8 Å². The second-order valence-corrected chi connectivity index (χ2v) is 34.9. The van der Waals surface area contributed by atoms with Gasteiger partial charge in [-0.1, -0.05) is 13.8 Å². The van der Waals surface area contributed by atoms with Gasteiger partial charge in [0.2, 0.25) is 53.2 Å². The molecule has 0 radical (unpaired) electrons. The van der Waals surface area contributed by atoms with Gasteiger partial charge in [0.1, 0.15) is 81.0 Å². The molecule has 14 heterocycles. The average molecular weight is 1690 g/mol. The fourth-order valence-corrected chi connectivity index (χ4v) is 19.4. The highest BCUT2D eigenvalue weighted by Crippen LogP contribution is 2.49. The van der Waals surface area contributed by atoms with E-state index in [1.807, 2.05) is 34.6 Å². The van der Waals surface area contributed by atoms with Gasteiger partial charge in [0, 0.05) is 75.8 Å². The third-order valence-electron chi connectivity index (χ3n) is 25.6. The van der Waals surface area contributed by atoms with E-state index in [1.165, 1.54) is 52.2 Å². The van der Waals surface area contributed by atoms with Crippen LogP contribution in [0.3, 0.4) is 0 Å². The van der Waals surface area contributed by atoms with Crippen molar-refractivity contribution in [2.45, 2.75) is 312 Å². The van der Waals surface area contributed by atoms with Crippen LogP contribution in [0, 0.1) is 5.92 Å². The van der Waals surface area contributed by atoms with Crippen LogP contribution < -0.4 is 37.6 Å². The molecule has 0 aromatic carbocycles. The van der Waals surface area contributed by atoms with Gasteiger partial charge in [0.15, 0.2) is 0 Å². The molecule has 0 aliphatic carbocycles. The van der Waals surface area contributed by atoms with Gasteiger partial charge in [0.25, 0.3) is 11.8 Å². The lowest BCUT2D eigenvalue weighted by molar-refractivity contribution is -0.188. The first-order chi connectivity index (χ1) is 57.1. The lowest BCUT2D eigenvalue weighted by Crippen LogP contribution is -2.81. The van der Waals surface area contributed by atoms with Crippen LogP contribution in [0.5, 0.6) is 0 Å². The van der Waals surface area contributed by atoms with Crippen LogP contribution in [-0.4, -0.2) is 336 Å². The SMILES string of the molecule is CC(C)C(=O)N1CCCC12C(=O)N([C@H](C(=O)NCc1ncccn1)[C@@H](C)O)C2C.CC1N([C@H](C(=O)N2CCCC2)[C@@H](C)O)C(=O)C12CCCN2.CC1N([C@H](C(=O)NCc2ncccn2)[C@@H](C)O)C(=O)C12CCCN2.CC1N([C@H](C(=O)NCc2ncccn2)[C@@H](C)O)C(=O)C12CCCN2C(=O)OC(C)(C)C.C[C@@H](O)[C@@H](C(N)=O)N1CC2(CCCN2)C1=O. The highest BCUT2D eigenvalue weighted by molar-refractivity contribution is 6.04. The van der Waals surface area contributed by atoms with Crippen LogP contribution in [0.25, 0.3) is 0 Å². The number of aliphatic hydroxyl groups excluding tert-OH is 5. The summed E-state index contributed by atoms with van der Waals surface area (Å²) in [6.07, 6.45) is 13.8. The number of nitrogens with two attached hydrogens (primary N) is 1. The van der Waals surface area contributed by atoms with E-state index >= 15 is 0 Å². The number of hydrogen-bond donors (Lipinski definition) is 12. The Morgan fingerprint density at radius 3 is 1.12 bits per heavy atom. The zero-order chi connectivity index (χ0) is 88.8. The molecule has 11 aliphatic heterocycles. The largest absolute Gasteiger partial charge is 0.444 e. The summed E-state index contributed by atoms with van der Waals surface area (Å²) in [6.45, 7) is 29.8. The molecule has 11 aliphatic rings. The van der Waals surface area contributed by atoms with E-state index in [0.29, 0.717) is 56.4 Å². The fraction of sp³-hybridized carbons (Fsp3) is 0.707. The number of carbonyl (C=O) groups is 12. The summed E-state index contributed by atoms with van der Waals surface area (Å²) in [4.78, 5) is 188. The van der Waals surface area contributed by atoms with Crippen LogP contribution in [0.1, 0.15) is 191 Å². The van der Waals surface area contributed by atoms with Gasteiger partial charge >= 0.3 is 6.09 Å². The zero-order valence-electron chi connectivity index (χ0n) is 72.0. The number of aromatic nitrogens is 6. The normalized spacial score (nSPS) is 28.7. The highest BCUT2D eigenvalue weighted by atomic mass is 16.6. The monoisotopic (exact) mass is 1690 g/mol. The molecule has 13 N–H and O–H groups in total. The maximum Gasteiger partial charge on any atom is 0.411 e. The topological polar surface area (TPSA) is 517 Å². The summed E-state index contributed by atoms with van der Waals surface area (Å²) in [5.74, 6) is -1.91. The first-order valence-corrected chi connectivity index (χ1v) is 42.4. The quantitative estimate of drug-likeness (QED) is 0.0485. The van der Waals surface area contributed by atoms with Crippen LogP contribution >= 0.6 is 0 Å². The van der Waals surface area contributed by atoms with Crippen molar-refractivity contribution in [2.24, 2.45) is 11.7 Å². The van der Waals surface area contributed by atoms with Crippen LogP contribution in [0.15, 0.2) is 55.4 Å². The van der Waals surface area contributed by atoms with Crippen LogP contribution in [0.4, 0.5) is 4.79 Å². The summed E-state index contributed by atoms with van der Waals surface area (Å²) in [5, 5.41) is 68.0. The van der Waals surface area contributed by atoms with E-state index in [0.717, 1.165) is 90.5 Å². The minimum absolute atomic E-state index is 0.0223. The first kappa shape index (κ1) is 93.6. The van der Waals surface area contributed by atoms with E-state index in [-0.39, 0.29) is 85.0 Å². The van der Waals surface area contributed by atoms with Crippen molar-refractivity contribution in [2.75, 3.05) is 52.4 Å². The molecular weight excluding hydrogens is 1570 g/mol. The van der Waals surface area contributed by atoms with Gasteiger partial charge in [-0.3, -0.25) is 57.6 Å². The predicted molar refractivity (Wildman–Crippen MR) is 434 cm³/mol. The van der Waals surface area contributed by atoms with Gasteiger partial charge in [-0.25, -0.2) is 34.7 Å². The lowest BCUT2D eigenvalue weighted by atomic mass is 9.75. The molecule has 0 saturated carbocycles. The van der Waals surface area contributed by atoms with E-state index in [9.17, 15) is 83.1 Å². The smallest absolute Gasteiger partial charge is 0.411 e. The molecule has 0 bridgehead atoms. The first-order valence-electron chi connectivity index (χ1n) is 42.4. The summed E-state index contributed by atoms with van der Waals surface area (Å²) in [5.41, 5.74) is 1.02. The maximum absolute atomic E-state index is 13.4. The molecule has 3 aromatic rings. The molecule has 121 heavy (non-hydrogen) atoms. The van der Waals surface area contributed by atoms with Crippen LogP contribution in [0.2, 0.25) is 0 Å². The number of β-lactam (4-membered cyclic amide) rings is 5. The molecule has 39 nitrogen and oxygen atoms in total. The van der Waals surface area contributed by atoms with Gasteiger partial charge in [0.05, 0.1) is 74.3 Å². The summed E-state index contributed by atoms with van der Waals surface area (Å²) < 4.78 is 5.50.